The fraction of sp³-hybridized carbons (Fsp3) is 0.600. The Morgan fingerprint density at radius 3 is 2.32 bits per heavy atom. The molecule has 0 fully saturated rings. The number of nitrogens with one attached hydrogen (secondary N) is 1. The summed E-state index contributed by atoms with van der Waals surface area (Å²) in [6, 6.07) is 5.49. The van der Waals surface area contributed by atoms with Gasteiger partial charge in [-0.2, -0.15) is 0 Å². The molecule has 0 aromatic heterocycles. The molecular formula is C20H31NO4. The maximum absolute atomic E-state index is 12.3. The normalized spacial score (nSPS) is 15.4. The van der Waals surface area contributed by atoms with Crippen LogP contribution in [0.15, 0.2) is 24.3 Å². The van der Waals surface area contributed by atoms with E-state index in [-0.39, 0.29) is 11.8 Å². The molecule has 1 amide bonds. The van der Waals surface area contributed by atoms with E-state index in [1.807, 2.05) is 13.8 Å². The maximum Gasteiger partial charge on any atom is 0.333 e. The summed E-state index contributed by atoms with van der Waals surface area (Å²) in [6.07, 6.45) is 1.59. The van der Waals surface area contributed by atoms with Crippen LogP contribution in [0.5, 0.6) is 5.75 Å². The Morgan fingerprint density at radius 2 is 1.84 bits per heavy atom. The first-order valence-electron chi connectivity index (χ1n) is 9.60. The minimum absolute atomic E-state index is 0.254. The van der Waals surface area contributed by atoms with Crippen molar-refractivity contribution in [2.45, 2.75) is 53.5 Å². The summed E-state index contributed by atoms with van der Waals surface area (Å²) in [4.78, 5) is 24.4. The standard InChI is InChI=1S/C20H31NO4/c1-7-8-14(2)13-25-16-11-9-15(10-12-16)17(18(22)24-6)21-19(23)20(3,4)5/h9-12,14,17H,7-8,13H2,1-6H3,(H,21,23)/t14-,17-/m1/s1/i13D2. The highest BCUT2D eigenvalue weighted by Gasteiger charge is 2.29. The highest BCUT2D eigenvalue weighted by molar-refractivity contribution is 5.88. The van der Waals surface area contributed by atoms with Crippen LogP contribution in [0.1, 0.15) is 61.8 Å². The average Bonchev–Trinajstić information content (AvgIpc) is 2.58. The lowest BCUT2D eigenvalue weighted by Gasteiger charge is -2.23. The molecule has 0 heterocycles. The van der Waals surface area contributed by atoms with E-state index < -0.39 is 24.0 Å². The van der Waals surface area contributed by atoms with Gasteiger partial charge < -0.3 is 14.8 Å². The molecule has 0 saturated carbocycles. The molecule has 1 rings (SSSR count). The summed E-state index contributed by atoms with van der Waals surface area (Å²) in [7, 11) is 1.26. The SMILES string of the molecule is [2H]C([2H])(Oc1ccc([C@@H](NC(=O)C(C)(C)C)C(=O)OC)cc1)[C@H](C)CCC. The van der Waals surface area contributed by atoms with Crippen molar-refractivity contribution >= 4 is 11.9 Å². The number of carbonyl (C=O) groups is 2. The van der Waals surface area contributed by atoms with Crippen molar-refractivity contribution in [1.82, 2.24) is 5.32 Å². The predicted molar refractivity (Wildman–Crippen MR) is 98.4 cm³/mol. The molecule has 1 N–H and O–H groups in total. The highest BCUT2D eigenvalue weighted by atomic mass is 16.5. The van der Waals surface area contributed by atoms with Crippen molar-refractivity contribution in [2.75, 3.05) is 13.7 Å². The fourth-order valence-electron chi connectivity index (χ4n) is 2.13. The summed E-state index contributed by atoms with van der Waals surface area (Å²) in [5, 5.41) is 2.70. The van der Waals surface area contributed by atoms with E-state index in [4.69, 9.17) is 12.2 Å². The number of hydrogen-bond donors (Lipinski definition) is 1. The zero-order valence-electron chi connectivity index (χ0n) is 18.0. The van der Waals surface area contributed by atoms with Crippen molar-refractivity contribution < 1.29 is 21.8 Å². The van der Waals surface area contributed by atoms with E-state index in [1.165, 1.54) is 7.11 Å². The second-order valence-corrected chi connectivity index (χ2v) is 7.16. The van der Waals surface area contributed by atoms with Crippen LogP contribution < -0.4 is 10.1 Å². The zero-order chi connectivity index (χ0) is 20.8. The Morgan fingerprint density at radius 1 is 1.24 bits per heavy atom. The predicted octanol–water partition coefficient (Wildman–Crippen LogP) is 3.88. The van der Waals surface area contributed by atoms with Gasteiger partial charge in [0.2, 0.25) is 5.91 Å². The zero-order valence-corrected chi connectivity index (χ0v) is 16.0. The summed E-state index contributed by atoms with van der Waals surface area (Å²) >= 11 is 0. The number of amides is 1. The average molecular weight is 351 g/mol. The molecule has 5 heteroatoms. The van der Waals surface area contributed by atoms with Crippen LogP contribution in [0.4, 0.5) is 0 Å². The van der Waals surface area contributed by atoms with Gasteiger partial charge in [0.15, 0.2) is 6.04 Å². The topological polar surface area (TPSA) is 64.6 Å². The molecule has 25 heavy (non-hydrogen) atoms. The molecule has 0 aliphatic heterocycles. The molecule has 0 unspecified atom stereocenters. The number of methoxy groups -OCH3 is 1. The second-order valence-electron chi connectivity index (χ2n) is 7.16. The summed E-state index contributed by atoms with van der Waals surface area (Å²) < 4.78 is 26.5. The van der Waals surface area contributed by atoms with Crippen LogP contribution in [-0.2, 0) is 14.3 Å². The van der Waals surface area contributed by atoms with E-state index >= 15 is 0 Å². The summed E-state index contributed by atoms with van der Waals surface area (Å²) in [6.45, 7) is 7.29. The van der Waals surface area contributed by atoms with Gasteiger partial charge in [-0.1, -0.05) is 53.2 Å². The fourth-order valence-corrected chi connectivity index (χ4v) is 2.13. The van der Waals surface area contributed by atoms with Gasteiger partial charge in [0, 0.05) is 5.41 Å². The van der Waals surface area contributed by atoms with Crippen molar-refractivity contribution in [1.29, 1.82) is 0 Å². The summed E-state index contributed by atoms with van der Waals surface area (Å²) in [5.74, 6) is -0.746. The third-order valence-electron chi connectivity index (χ3n) is 3.71. The monoisotopic (exact) mass is 351 g/mol. The molecule has 5 nitrogen and oxygen atoms in total. The molecule has 1 aromatic rings. The Hall–Kier alpha value is -2.04. The largest absolute Gasteiger partial charge is 0.493 e. The number of esters is 1. The first kappa shape index (κ1) is 17.8. The minimum Gasteiger partial charge on any atom is -0.493 e. The van der Waals surface area contributed by atoms with E-state index in [0.717, 1.165) is 6.42 Å². The van der Waals surface area contributed by atoms with Crippen molar-refractivity contribution in [2.24, 2.45) is 11.3 Å². The van der Waals surface area contributed by atoms with Crippen LogP contribution >= 0.6 is 0 Å². The van der Waals surface area contributed by atoms with Crippen molar-refractivity contribution in [3.63, 3.8) is 0 Å². The summed E-state index contributed by atoms with van der Waals surface area (Å²) in [5.41, 5.74) is -0.116. The van der Waals surface area contributed by atoms with Gasteiger partial charge >= 0.3 is 5.97 Å². The van der Waals surface area contributed by atoms with Crippen LogP contribution in [0.2, 0.25) is 0 Å². The van der Waals surface area contributed by atoms with Gasteiger partial charge in [-0.15, -0.1) is 0 Å². The van der Waals surface area contributed by atoms with Gasteiger partial charge in [-0.3, -0.25) is 4.79 Å². The molecule has 140 valence electrons. The Labute approximate surface area is 153 Å². The van der Waals surface area contributed by atoms with Gasteiger partial charge in [0.05, 0.1) is 16.4 Å². The van der Waals surface area contributed by atoms with Crippen molar-refractivity contribution in [3.8, 4) is 5.75 Å². The van der Waals surface area contributed by atoms with Gasteiger partial charge in [-0.25, -0.2) is 4.79 Å². The first-order chi connectivity index (χ1) is 12.4. The molecule has 0 bridgehead atoms. The second kappa shape index (κ2) is 9.44. The molecule has 0 aliphatic rings. The van der Waals surface area contributed by atoms with Crippen LogP contribution in [0, 0.1) is 11.3 Å². The number of carbonyl (C=O) groups excluding carboxylic acids is 2. The molecule has 0 spiro atoms. The smallest absolute Gasteiger partial charge is 0.333 e. The molecule has 2 atom stereocenters. The third-order valence-corrected chi connectivity index (χ3v) is 3.71. The van der Waals surface area contributed by atoms with Crippen molar-refractivity contribution in [3.05, 3.63) is 29.8 Å². The number of ether oxygens (including phenoxy) is 2. The molecular weight excluding hydrogens is 318 g/mol. The number of rotatable bonds is 8. The van der Waals surface area contributed by atoms with Gasteiger partial charge in [0.1, 0.15) is 5.75 Å². The van der Waals surface area contributed by atoms with E-state index in [0.29, 0.717) is 17.7 Å². The van der Waals surface area contributed by atoms with Crippen LogP contribution in [-0.4, -0.2) is 25.5 Å². The Bertz CT molecular complexity index is 638. The lowest BCUT2D eigenvalue weighted by atomic mass is 9.94. The van der Waals surface area contributed by atoms with Crippen LogP contribution in [0.3, 0.4) is 0 Å². The maximum atomic E-state index is 12.3. The lowest BCUT2D eigenvalue weighted by molar-refractivity contribution is -0.146. The van der Waals surface area contributed by atoms with Gasteiger partial charge in [-0.05, 0) is 30.0 Å². The Balaban J connectivity index is 2.98. The van der Waals surface area contributed by atoms with E-state index in [9.17, 15) is 9.59 Å². The van der Waals surface area contributed by atoms with E-state index in [2.05, 4.69) is 5.32 Å². The van der Waals surface area contributed by atoms with E-state index in [1.54, 1.807) is 45.0 Å². The lowest BCUT2D eigenvalue weighted by Crippen LogP contribution is -2.40. The van der Waals surface area contributed by atoms with Gasteiger partial charge in [0.25, 0.3) is 0 Å². The number of hydrogen-bond acceptors (Lipinski definition) is 4. The first-order valence-corrected chi connectivity index (χ1v) is 8.60. The third kappa shape index (κ3) is 6.77. The quantitative estimate of drug-likeness (QED) is 0.722. The van der Waals surface area contributed by atoms with Crippen LogP contribution in [0.25, 0.3) is 0 Å². The number of benzene rings is 1. The minimum atomic E-state index is -1.79. The molecule has 0 radical (unpaired) electrons. The highest BCUT2D eigenvalue weighted by Crippen LogP contribution is 2.22. The molecule has 1 aromatic carbocycles. The molecule has 0 aliphatic carbocycles. The molecule has 0 saturated heterocycles. The Kier molecular flexibility index (Phi) is 6.71.